The monoisotopic (exact) mass is 275 g/mol. The maximum absolute atomic E-state index is 12.0. The van der Waals surface area contributed by atoms with Gasteiger partial charge in [-0.3, -0.25) is 0 Å². The number of esters is 1. The van der Waals surface area contributed by atoms with E-state index in [1.807, 2.05) is 31.2 Å². The smallest absolute Gasteiger partial charge is 0.340 e. The molecule has 110 valence electrons. The van der Waals surface area contributed by atoms with Crippen LogP contribution in [0.4, 0.5) is 5.69 Å². The number of benzene rings is 1. The molecule has 1 saturated carbocycles. The van der Waals surface area contributed by atoms with Crippen LogP contribution in [0.1, 0.15) is 56.3 Å². The van der Waals surface area contributed by atoms with Crippen LogP contribution in [0.15, 0.2) is 24.3 Å². The van der Waals surface area contributed by atoms with Gasteiger partial charge in [0.25, 0.3) is 0 Å². The molecule has 0 saturated heterocycles. The molecule has 1 aliphatic rings. The van der Waals surface area contributed by atoms with Crippen LogP contribution in [-0.4, -0.2) is 18.6 Å². The summed E-state index contributed by atoms with van der Waals surface area (Å²) in [6.45, 7) is 4.57. The first-order valence-electron chi connectivity index (χ1n) is 7.73. The van der Waals surface area contributed by atoms with Crippen molar-refractivity contribution in [3.05, 3.63) is 29.8 Å². The van der Waals surface area contributed by atoms with E-state index >= 15 is 0 Å². The third kappa shape index (κ3) is 3.99. The van der Waals surface area contributed by atoms with E-state index in [4.69, 9.17) is 4.74 Å². The summed E-state index contributed by atoms with van der Waals surface area (Å²) in [6, 6.07) is 8.12. The molecular weight excluding hydrogens is 250 g/mol. The van der Waals surface area contributed by atoms with Crippen molar-refractivity contribution >= 4 is 11.7 Å². The molecule has 1 aromatic carbocycles. The van der Waals surface area contributed by atoms with Gasteiger partial charge in [-0.1, -0.05) is 31.9 Å². The lowest BCUT2D eigenvalue weighted by molar-refractivity contribution is 0.0527. The van der Waals surface area contributed by atoms with Crippen molar-refractivity contribution in [1.82, 2.24) is 0 Å². The average Bonchev–Trinajstić information content (AvgIpc) is 2.65. The normalized spacial score (nSPS) is 22.9. The zero-order valence-electron chi connectivity index (χ0n) is 12.5. The SMILES string of the molecule is CCOC(=O)c1ccccc1NC1CCCC(C)CC1. The lowest BCUT2D eigenvalue weighted by Gasteiger charge is -2.19. The van der Waals surface area contributed by atoms with Crippen molar-refractivity contribution < 1.29 is 9.53 Å². The third-order valence-electron chi connectivity index (χ3n) is 4.04. The summed E-state index contributed by atoms with van der Waals surface area (Å²) in [7, 11) is 0. The van der Waals surface area contributed by atoms with Crippen molar-refractivity contribution in [1.29, 1.82) is 0 Å². The third-order valence-corrected chi connectivity index (χ3v) is 4.04. The summed E-state index contributed by atoms with van der Waals surface area (Å²) in [5.74, 6) is 0.583. The second-order valence-corrected chi connectivity index (χ2v) is 5.72. The summed E-state index contributed by atoms with van der Waals surface area (Å²) < 4.78 is 5.12. The van der Waals surface area contributed by atoms with E-state index in [0.29, 0.717) is 18.2 Å². The molecule has 2 unspecified atom stereocenters. The Morgan fingerprint density at radius 3 is 2.85 bits per heavy atom. The molecule has 0 bridgehead atoms. The molecule has 2 rings (SSSR count). The van der Waals surface area contributed by atoms with E-state index in [1.165, 1.54) is 32.1 Å². The number of carbonyl (C=O) groups is 1. The number of ether oxygens (including phenoxy) is 1. The van der Waals surface area contributed by atoms with E-state index in [9.17, 15) is 4.79 Å². The van der Waals surface area contributed by atoms with Crippen LogP contribution < -0.4 is 5.32 Å². The number of carbonyl (C=O) groups excluding carboxylic acids is 1. The Labute approximate surface area is 121 Å². The van der Waals surface area contributed by atoms with Gasteiger partial charge in [-0.2, -0.15) is 0 Å². The van der Waals surface area contributed by atoms with Gasteiger partial charge >= 0.3 is 5.97 Å². The van der Waals surface area contributed by atoms with Gasteiger partial charge in [-0.25, -0.2) is 4.79 Å². The highest BCUT2D eigenvalue weighted by Crippen LogP contribution is 2.26. The van der Waals surface area contributed by atoms with E-state index < -0.39 is 0 Å². The van der Waals surface area contributed by atoms with Gasteiger partial charge < -0.3 is 10.1 Å². The van der Waals surface area contributed by atoms with E-state index in [-0.39, 0.29) is 5.97 Å². The van der Waals surface area contributed by atoms with Crippen molar-refractivity contribution in [2.24, 2.45) is 5.92 Å². The fourth-order valence-corrected chi connectivity index (χ4v) is 2.85. The van der Waals surface area contributed by atoms with Crippen LogP contribution in [0.2, 0.25) is 0 Å². The lowest BCUT2D eigenvalue weighted by Crippen LogP contribution is -2.20. The number of anilines is 1. The molecule has 1 aromatic rings. The quantitative estimate of drug-likeness (QED) is 0.659. The first kappa shape index (κ1) is 14.9. The summed E-state index contributed by atoms with van der Waals surface area (Å²) >= 11 is 0. The molecule has 0 aromatic heterocycles. The van der Waals surface area contributed by atoms with E-state index in [2.05, 4.69) is 12.2 Å². The molecule has 2 atom stereocenters. The first-order chi connectivity index (χ1) is 9.70. The molecule has 0 spiro atoms. The molecule has 0 heterocycles. The molecule has 1 aliphatic carbocycles. The molecule has 0 radical (unpaired) electrons. The van der Waals surface area contributed by atoms with Crippen molar-refractivity contribution in [2.45, 2.75) is 52.0 Å². The van der Waals surface area contributed by atoms with E-state index in [1.54, 1.807) is 0 Å². The van der Waals surface area contributed by atoms with Gasteiger partial charge in [-0.15, -0.1) is 0 Å². The van der Waals surface area contributed by atoms with Gasteiger partial charge in [0.05, 0.1) is 12.2 Å². The minimum absolute atomic E-state index is 0.238. The number of para-hydroxylation sites is 1. The highest BCUT2D eigenvalue weighted by molar-refractivity contribution is 5.95. The predicted octanol–water partition coefficient (Wildman–Crippen LogP) is 4.24. The minimum Gasteiger partial charge on any atom is -0.462 e. The molecular formula is C17H25NO2. The Morgan fingerprint density at radius 2 is 2.05 bits per heavy atom. The van der Waals surface area contributed by atoms with Crippen molar-refractivity contribution in [3.63, 3.8) is 0 Å². The summed E-state index contributed by atoms with van der Waals surface area (Å²) in [6.07, 6.45) is 6.21. The zero-order valence-corrected chi connectivity index (χ0v) is 12.5. The van der Waals surface area contributed by atoms with E-state index in [0.717, 1.165) is 11.6 Å². The standard InChI is InChI=1S/C17H25NO2/c1-3-20-17(19)15-9-4-5-10-16(15)18-14-8-6-7-13(2)11-12-14/h4-5,9-10,13-14,18H,3,6-8,11-12H2,1-2H3. The van der Waals surface area contributed by atoms with Crippen LogP contribution >= 0.6 is 0 Å². The van der Waals surface area contributed by atoms with Gasteiger partial charge in [0.2, 0.25) is 0 Å². The highest BCUT2D eigenvalue weighted by atomic mass is 16.5. The van der Waals surface area contributed by atoms with Crippen molar-refractivity contribution in [2.75, 3.05) is 11.9 Å². The maximum atomic E-state index is 12.0. The predicted molar refractivity (Wildman–Crippen MR) is 82.1 cm³/mol. The number of nitrogens with one attached hydrogen (secondary N) is 1. The topological polar surface area (TPSA) is 38.3 Å². The van der Waals surface area contributed by atoms with Crippen LogP contribution in [-0.2, 0) is 4.74 Å². The molecule has 0 amide bonds. The van der Waals surface area contributed by atoms with Gasteiger partial charge in [0, 0.05) is 11.7 Å². The van der Waals surface area contributed by atoms with Gasteiger partial charge in [-0.05, 0) is 44.2 Å². The van der Waals surface area contributed by atoms with Gasteiger partial charge in [0.15, 0.2) is 0 Å². The Kier molecular flexibility index (Phi) is 5.45. The second kappa shape index (κ2) is 7.32. The first-order valence-corrected chi connectivity index (χ1v) is 7.73. The maximum Gasteiger partial charge on any atom is 0.340 e. The minimum atomic E-state index is -0.238. The summed E-state index contributed by atoms with van der Waals surface area (Å²) in [5.41, 5.74) is 1.55. The average molecular weight is 275 g/mol. The van der Waals surface area contributed by atoms with Crippen LogP contribution in [0, 0.1) is 5.92 Å². The zero-order chi connectivity index (χ0) is 14.4. The van der Waals surface area contributed by atoms with Crippen LogP contribution in [0.5, 0.6) is 0 Å². The summed E-state index contributed by atoms with van der Waals surface area (Å²) in [4.78, 5) is 12.0. The fraction of sp³-hybridized carbons (Fsp3) is 0.588. The Balaban J connectivity index is 2.06. The lowest BCUT2D eigenvalue weighted by atomic mass is 10.0. The van der Waals surface area contributed by atoms with Crippen LogP contribution in [0.3, 0.4) is 0 Å². The Morgan fingerprint density at radius 1 is 1.25 bits per heavy atom. The summed E-state index contributed by atoms with van der Waals surface area (Å²) in [5, 5.41) is 3.55. The van der Waals surface area contributed by atoms with Gasteiger partial charge in [0.1, 0.15) is 0 Å². The number of hydrogen-bond donors (Lipinski definition) is 1. The Bertz CT molecular complexity index is 444. The molecule has 20 heavy (non-hydrogen) atoms. The number of rotatable bonds is 4. The highest BCUT2D eigenvalue weighted by Gasteiger charge is 2.18. The fourth-order valence-electron chi connectivity index (χ4n) is 2.85. The molecule has 3 heteroatoms. The molecule has 3 nitrogen and oxygen atoms in total. The molecule has 0 aliphatic heterocycles. The number of hydrogen-bond acceptors (Lipinski definition) is 3. The molecule has 1 fully saturated rings. The van der Waals surface area contributed by atoms with Crippen molar-refractivity contribution in [3.8, 4) is 0 Å². The molecule has 1 N–H and O–H groups in total. The Hall–Kier alpha value is -1.51. The second-order valence-electron chi connectivity index (χ2n) is 5.72. The largest absolute Gasteiger partial charge is 0.462 e. The van der Waals surface area contributed by atoms with Crippen LogP contribution in [0.25, 0.3) is 0 Å².